The molecule has 0 aromatic heterocycles. The zero-order valence-corrected chi connectivity index (χ0v) is 13.2. The highest BCUT2D eigenvalue weighted by atomic mass is 32.1. The van der Waals surface area contributed by atoms with Gasteiger partial charge in [0.1, 0.15) is 0 Å². The fourth-order valence-electron chi connectivity index (χ4n) is 2.97. The molecule has 110 valence electrons. The lowest BCUT2D eigenvalue weighted by atomic mass is 9.92. The molecule has 0 bridgehead atoms. The average Bonchev–Trinajstić information content (AvgIpc) is 2.41. The number of hydrogen-bond donors (Lipinski definition) is 1. The fraction of sp³-hybridized carbons (Fsp3) is 0.867. The van der Waals surface area contributed by atoms with Crippen LogP contribution in [0.4, 0.5) is 0 Å². The van der Waals surface area contributed by atoms with Gasteiger partial charge < -0.3 is 10.6 Å². The number of nitrogens with two attached hydrogens (primary N) is 1. The van der Waals surface area contributed by atoms with E-state index in [4.69, 9.17) is 18.0 Å². The van der Waals surface area contributed by atoms with Crippen molar-refractivity contribution in [3.8, 4) is 0 Å². The second kappa shape index (κ2) is 8.51. The first-order valence-electron chi connectivity index (χ1n) is 7.68. The van der Waals surface area contributed by atoms with E-state index >= 15 is 0 Å². The smallest absolute Gasteiger partial charge is 0.225 e. The molecule has 0 unspecified atom stereocenters. The second-order valence-electron chi connectivity index (χ2n) is 5.55. The largest absolute Gasteiger partial charge is 0.393 e. The molecule has 0 radical (unpaired) electrons. The highest BCUT2D eigenvalue weighted by molar-refractivity contribution is 7.80. The molecule has 1 rings (SSSR count). The Labute approximate surface area is 122 Å². The summed E-state index contributed by atoms with van der Waals surface area (Å²) in [6, 6.07) is 0.413. The Bertz CT molecular complexity index is 297. The van der Waals surface area contributed by atoms with Crippen molar-refractivity contribution in [3.63, 3.8) is 0 Å². The number of thiocarbonyl (C=S) groups is 1. The summed E-state index contributed by atoms with van der Waals surface area (Å²) in [7, 11) is 0. The molecule has 1 saturated carbocycles. The van der Waals surface area contributed by atoms with Gasteiger partial charge in [0.15, 0.2) is 0 Å². The molecule has 2 N–H and O–H groups in total. The Kier molecular flexibility index (Phi) is 7.36. The van der Waals surface area contributed by atoms with Gasteiger partial charge in [-0.1, -0.05) is 45.3 Å². The van der Waals surface area contributed by atoms with Crippen molar-refractivity contribution in [2.75, 3.05) is 6.54 Å². The summed E-state index contributed by atoms with van der Waals surface area (Å²) in [5.41, 5.74) is 5.61. The Hall–Kier alpha value is -0.640. The van der Waals surface area contributed by atoms with E-state index in [1.54, 1.807) is 0 Å². The van der Waals surface area contributed by atoms with Gasteiger partial charge >= 0.3 is 0 Å². The molecule has 0 heterocycles. The minimum absolute atomic E-state index is 0.160. The van der Waals surface area contributed by atoms with Crippen LogP contribution in [0.3, 0.4) is 0 Å². The topological polar surface area (TPSA) is 46.3 Å². The molecule has 0 aliphatic heterocycles. The van der Waals surface area contributed by atoms with E-state index < -0.39 is 0 Å². The predicted octanol–water partition coefficient (Wildman–Crippen LogP) is 3.26. The summed E-state index contributed by atoms with van der Waals surface area (Å²) in [6.45, 7) is 4.90. The Morgan fingerprint density at radius 2 is 1.84 bits per heavy atom. The molecule has 0 spiro atoms. The maximum atomic E-state index is 12.7. The summed E-state index contributed by atoms with van der Waals surface area (Å²) >= 11 is 4.96. The maximum absolute atomic E-state index is 12.7. The van der Waals surface area contributed by atoms with E-state index in [0.29, 0.717) is 29.9 Å². The third kappa shape index (κ3) is 5.09. The zero-order valence-electron chi connectivity index (χ0n) is 12.4. The van der Waals surface area contributed by atoms with Crippen LogP contribution in [0.1, 0.15) is 65.2 Å². The number of carbonyl (C=O) groups excluding carboxylic acids is 1. The number of rotatable bonds is 7. The van der Waals surface area contributed by atoms with Gasteiger partial charge in [-0.25, -0.2) is 0 Å². The molecule has 1 aliphatic rings. The first-order chi connectivity index (χ1) is 9.10. The van der Waals surface area contributed by atoms with E-state index in [1.807, 2.05) is 0 Å². The van der Waals surface area contributed by atoms with Crippen LogP contribution in [0.2, 0.25) is 0 Å². The molecule has 1 aliphatic carbocycles. The second-order valence-corrected chi connectivity index (χ2v) is 6.08. The lowest BCUT2D eigenvalue weighted by Gasteiger charge is -2.36. The molecule has 0 atom stereocenters. The lowest BCUT2D eigenvalue weighted by molar-refractivity contribution is -0.138. The van der Waals surface area contributed by atoms with Gasteiger partial charge in [0, 0.05) is 24.9 Å². The van der Waals surface area contributed by atoms with Gasteiger partial charge in [0.05, 0.1) is 4.99 Å². The zero-order chi connectivity index (χ0) is 14.3. The maximum Gasteiger partial charge on any atom is 0.225 e. The normalized spacial score (nSPS) is 16.6. The van der Waals surface area contributed by atoms with Gasteiger partial charge in [-0.15, -0.1) is 0 Å². The molecule has 0 aromatic carbocycles. The third-order valence-electron chi connectivity index (χ3n) is 4.23. The van der Waals surface area contributed by atoms with Crippen LogP contribution in [0.15, 0.2) is 0 Å². The van der Waals surface area contributed by atoms with E-state index in [2.05, 4.69) is 18.7 Å². The highest BCUT2D eigenvalue weighted by Gasteiger charge is 2.28. The van der Waals surface area contributed by atoms with Crippen LogP contribution in [0.25, 0.3) is 0 Å². The van der Waals surface area contributed by atoms with Crippen LogP contribution in [-0.2, 0) is 4.79 Å². The lowest BCUT2D eigenvalue weighted by Crippen LogP contribution is -2.45. The van der Waals surface area contributed by atoms with Crippen molar-refractivity contribution in [2.24, 2.45) is 11.7 Å². The van der Waals surface area contributed by atoms with Crippen molar-refractivity contribution in [1.29, 1.82) is 0 Å². The quantitative estimate of drug-likeness (QED) is 0.730. The third-order valence-corrected chi connectivity index (χ3v) is 4.44. The number of amides is 1. The number of nitrogens with zero attached hydrogens (tertiary/aromatic N) is 1. The molecule has 1 amide bonds. The minimum Gasteiger partial charge on any atom is -0.393 e. The van der Waals surface area contributed by atoms with Crippen molar-refractivity contribution >= 4 is 23.1 Å². The van der Waals surface area contributed by atoms with E-state index in [-0.39, 0.29) is 5.92 Å². The van der Waals surface area contributed by atoms with Crippen LogP contribution in [-0.4, -0.2) is 28.4 Å². The first kappa shape index (κ1) is 16.4. The summed E-state index contributed by atoms with van der Waals surface area (Å²) in [5.74, 6) is 0.474. The van der Waals surface area contributed by atoms with E-state index in [9.17, 15) is 4.79 Å². The predicted molar refractivity (Wildman–Crippen MR) is 84.1 cm³/mol. The summed E-state index contributed by atoms with van der Waals surface area (Å²) < 4.78 is 0. The highest BCUT2D eigenvalue weighted by Crippen LogP contribution is 2.25. The standard InChI is InChI=1S/C15H28N2OS/c1-3-12(4-2)15(18)17(11-10-14(16)19)13-8-6-5-7-9-13/h12-13H,3-11H2,1-2H3,(H2,16,19). The molecule has 19 heavy (non-hydrogen) atoms. The van der Waals surface area contributed by atoms with Crippen LogP contribution >= 0.6 is 12.2 Å². The fourth-order valence-corrected chi connectivity index (χ4v) is 3.06. The first-order valence-corrected chi connectivity index (χ1v) is 8.09. The van der Waals surface area contributed by atoms with E-state index in [0.717, 1.165) is 25.7 Å². The molecular formula is C15H28N2OS. The molecule has 3 nitrogen and oxygen atoms in total. The summed E-state index contributed by atoms with van der Waals surface area (Å²) in [4.78, 5) is 15.3. The van der Waals surface area contributed by atoms with Crippen LogP contribution in [0.5, 0.6) is 0 Å². The summed E-state index contributed by atoms with van der Waals surface area (Å²) in [5, 5.41) is 0. The molecule has 0 aromatic rings. The van der Waals surface area contributed by atoms with Gasteiger partial charge in [-0.2, -0.15) is 0 Å². The Balaban J connectivity index is 2.71. The van der Waals surface area contributed by atoms with Crippen LogP contribution < -0.4 is 5.73 Å². The number of hydrogen-bond acceptors (Lipinski definition) is 2. The molecule has 0 saturated heterocycles. The van der Waals surface area contributed by atoms with Gasteiger partial charge in [0.25, 0.3) is 0 Å². The van der Waals surface area contributed by atoms with Crippen molar-refractivity contribution in [2.45, 2.75) is 71.3 Å². The van der Waals surface area contributed by atoms with Gasteiger partial charge in [-0.05, 0) is 25.7 Å². The van der Waals surface area contributed by atoms with E-state index in [1.165, 1.54) is 19.3 Å². The molecule has 1 fully saturated rings. The average molecular weight is 284 g/mol. The van der Waals surface area contributed by atoms with Crippen LogP contribution in [0, 0.1) is 5.92 Å². The number of carbonyl (C=O) groups is 1. The Morgan fingerprint density at radius 3 is 2.32 bits per heavy atom. The monoisotopic (exact) mass is 284 g/mol. The van der Waals surface area contributed by atoms with Crippen molar-refractivity contribution in [3.05, 3.63) is 0 Å². The van der Waals surface area contributed by atoms with Gasteiger partial charge in [-0.3, -0.25) is 4.79 Å². The molecular weight excluding hydrogens is 256 g/mol. The summed E-state index contributed by atoms with van der Waals surface area (Å²) in [6.07, 6.45) is 8.56. The SMILES string of the molecule is CCC(CC)C(=O)N(CCC(N)=S)C1CCCCC1. The Morgan fingerprint density at radius 1 is 1.26 bits per heavy atom. The minimum atomic E-state index is 0.160. The van der Waals surface area contributed by atoms with Gasteiger partial charge in [0.2, 0.25) is 5.91 Å². The van der Waals surface area contributed by atoms with Crippen molar-refractivity contribution in [1.82, 2.24) is 4.90 Å². The molecule has 4 heteroatoms. The van der Waals surface area contributed by atoms with Crippen molar-refractivity contribution < 1.29 is 4.79 Å².